The average molecular weight is 406 g/mol. The molecule has 9 nitrogen and oxygen atoms in total. The Morgan fingerprint density at radius 1 is 1.32 bits per heavy atom. The van der Waals surface area contributed by atoms with Crippen LogP contribution in [0.5, 0.6) is 5.75 Å². The minimum absolute atomic E-state index is 0.143. The quantitative estimate of drug-likeness (QED) is 0.746. The number of aryl methyl sites for hydroxylation is 1. The van der Waals surface area contributed by atoms with E-state index in [-0.39, 0.29) is 24.0 Å². The Hall–Kier alpha value is -2.46. The Balaban J connectivity index is 1.64. The fraction of sp³-hybridized carbons (Fsp3) is 0.500. The zero-order valence-corrected chi connectivity index (χ0v) is 16.6. The fourth-order valence-corrected chi connectivity index (χ4v) is 4.45. The van der Waals surface area contributed by atoms with Crippen LogP contribution in [0.1, 0.15) is 49.4 Å². The molecule has 0 unspecified atom stereocenters. The van der Waals surface area contributed by atoms with Gasteiger partial charge in [0.05, 0.1) is 17.1 Å². The SMILES string of the molecule is CCCNS(=O)(=O)c1cc2c(cc1C)N(Cc1noc(C3CC3)n1)C(=O)CO2. The highest BCUT2D eigenvalue weighted by molar-refractivity contribution is 7.89. The van der Waals surface area contributed by atoms with Crippen LogP contribution in [0.2, 0.25) is 0 Å². The number of sulfonamides is 1. The van der Waals surface area contributed by atoms with Crippen molar-refractivity contribution in [2.75, 3.05) is 18.1 Å². The van der Waals surface area contributed by atoms with Crippen LogP contribution >= 0.6 is 0 Å². The predicted octanol–water partition coefficient (Wildman–Crippen LogP) is 1.87. The van der Waals surface area contributed by atoms with Crippen molar-refractivity contribution >= 4 is 21.6 Å². The molecular formula is C18H22N4O5S. The van der Waals surface area contributed by atoms with Crippen molar-refractivity contribution in [1.82, 2.24) is 14.9 Å². The van der Waals surface area contributed by atoms with Gasteiger partial charge in [-0.05, 0) is 37.8 Å². The molecule has 10 heteroatoms. The van der Waals surface area contributed by atoms with Crippen LogP contribution in [0.4, 0.5) is 5.69 Å². The summed E-state index contributed by atoms with van der Waals surface area (Å²) in [4.78, 5) is 18.4. The number of amides is 1. The molecule has 1 aliphatic heterocycles. The predicted molar refractivity (Wildman–Crippen MR) is 99.6 cm³/mol. The van der Waals surface area contributed by atoms with Gasteiger partial charge in [-0.1, -0.05) is 12.1 Å². The number of ether oxygens (including phenoxy) is 1. The maximum Gasteiger partial charge on any atom is 0.265 e. The van der Waals surface area contributed by atoms with Crippen LogP contribution in [-0.2, 0) is 21.4 Å². The molecule has 0 saturated heterocycles. The van der Waals surface area contributed by atoms with Gasteiger partial charge >= 0.3 is 0 Å². The molecule has 0 bridgehead atoms. The number of benzene rings is 1. The number of hydrogen-bond acceptors (Lipinski definition) is 7. The molecule has 1 saturated carbocycles. The van der Waals surface area contributed by atoms with E-state index < -0.39 is 10.0 Å². The highest BCUT2D eigenvalue weighted by Gasteiger charge is 2.32. The lowest BCUT2D eigenvalue weighted by Crippen LogP contribution is -2.38. The first-order chi connectivity index (χ1) is 13.4. The van der Waals surface area contributed by atoms with Gasteiger partial charge in [0, 0.05) is 18.5 Å². The van der Waals surface area contributed by atoms with Crippen molar-refractivity contribution in [3.8, 4) is 5.75 Å². The summed E-state index contributed by atoms with van der Waals surface area (Å²) in [7, 11) is -3.65. The maximum absolute atomic E-state index is 12.5. The van der Waals surface area contributed by atoms with Crippen LogP contribution < -0.4 is 14.4 Å². The largest absolute Gasteiger partial charge is 0.482 e. The normalized spacial score (nSPS) is 16.8. The zero-order valence-electron chi connectivity index (χ0n) is 15.8. The molecule has 1 aliphatic carbocycles. The lowest BCUT2D eigenvalue weighted by molar-refractivity contribution is -0.121. The highest BCUT2D eigenvalue weighted by Crippen LogP contribution is 2.40. The third-order valence-electron chi connectivity index (χ3n) is 4.74. The van der Waals surface area contributed by atoms with Gasteiger partial charge < -0.3 is 9.26 Å². The molecular weight excluding hydrogens is 384 g/mol. The first kappa shape index (κ1) is 18.9. The van der Waals surface area contributed by atoms with Crippen molar-refractivity contribution < 1.29 is 22.5 Å². The lowest BCUT2D eigenvalue weighted by atomic mass is 10.1. The Kier molecular flexibility index (Phi) is 4.84. The van der Waals surface area contributed by atoms with Crippen molar-refractivity contribution in [3.63, 3.8) is 0 Å². The Labute approximate surface area is 163 Å². The Morgan fingerprint density at radius 3 is 2.82 bits per heavy atom. The summed E-state index contributed by atoms with van der Waals surface area (Å²) in [5.74, 6) is 1.45. The summed E-state index contributed by atoms with van der Waals surface area (Å²) >= 11 is 0. The molecule has 150 valence electrons. The van der Waals surface area contributed by atoms with Crippen molar-refractivity contribution in [2.45, 2.75) is 50.5 Å². The molecule has 2 aliphatic rings. The number of anilines is 1. The summed E-state index contributed by atoms with van der Waals surface area (Å²) in [5.41, 5.74) is 1.03. The van der Waals surface area contributed by atoms with Gasteiger partial charge in [0.15, 0.2) is 12.4 Å². The number of hydrogen-bond donors (Lipinski definition) is 1. The van der Waals surface area contributed by atoms with Crippen molar-refractivity contribution in [1.29, 1.82) is 0 Å². The first-order valence-electron chi connectivity index (χ1n) is 9.29. The van der Waals surface area contributed by atoms with E-state index in [9.17, 15) is 13.2 Å². The standard InChI is InChI=1S/C18H22N4O5S/c1-3-6-19-28(24,25)15-8-14-13(7-11(15)2)22(17(23)10-26-14)9-16-20-18(27-21-16)12-4-5-12/h7-8,12,19H,3-6,9-10H2,1-2H3. The van der Waals surface area contributed by atoms with E-state index in [4.69, 9.17) is 9.26 Å². The smallest absolute Gasteiger partial charge is 0.265 e. The van der Waals surface area contributed by atoms with E-state index in [1.165, 1.54) is 11.0 Å². The number of rotatable bonds is 7. The zero-order chi connectivity index (χ0) is 19.9. The monoisotopic (exact) mass is 406 g/mol. The topological polar surface area (TPSA) is 115 Å². The molecule has 4 rings (SSSR count). The minimum Gasteiger partial charge on any atom is -0.482 e. The molecule has 1 N–H and O–H groups in total. The van der Waals surface area contributed by atoms with E-state index in [2.05, 4.69) is 14.9 Å². The maximum atomic E-state index is 12.5. The molecule has 1 aromatic heterocycles. The number of fused-ring (bicyclic) bond motifs is 1. The first-order valence-corrected chi connectivity index (χ1v) is 10.8. The molecule has 2 heterocycles. The molecule has 0 atom stereocenters. The Morgan fingerprint density at radius 2 is 2.11 bits per heavy atom. The van der Waals surface area contributed by atoms with E-state index in [0.29, 0.717) is 47.6 Å². The minimum atomic E-state index is -3.65. The van der Waals surface area contributed by atoms with Gasteiger partial charge in [0.25, 0.3) is 5.91 Å². The van der Waals surface area contributed by atoms with Crippen molar-refractivity contribution in [2.24, 2.45) is 0 Å². The second-order valence-corrected chi connectivity index (χ2v) is 8.81. The van der Waals surface area contributed by atoms with E-state index in [1.807, 2.05) is 6.92 Å². The van der Waals surface area contributed by atoms with E-state index in [1.54, 1.807) is 13.0 Å². The van der Waals surface area contributed by atoms with Gasteiger partial charge in [0.1, 0.15) is 5.75 Å². The van der Waals surface area contributed by atoms with E-state index in [0.717, 1.165) is 12.8 Å². The second kappa shape index (κ2) is 7.17. The van der Waals surface area contributed by atoms with Crippen LogP contribution in [0.15, 0.2) is 21.6 Å². The van der Waals surface area contributed by atoms with Gasteiger partial charge in [-0.15, -0.1) is 0 Å². The third-order valence-corrected chi connectivity index (χ3v) is 6.34. The summed E-state index contributed by atoms with van der Waals surface area (Å²) < 4.78 is 38.4. The molecule has 1 fully saturated rings. The van der Waals surface area contributed by atoms with Crippen LogP contribution in [0.25, 0.3) is 0 Å². The highest BCUT2D eigenvalue weighted by atomic mass is 32.2. The number of carbonyl (C=O) groups is 1. The summed E-state index contributed by atoms with van der Waals surface area (Å²) in [5, 5.41) is 3.97. The summed E-state index contributed by atoms with van der Waals surface area (Å²) in [6.07, 6.45) is 2.78. The van der Waals surface area contributed by atoms with E-state index >= 15 is 0 Å². The molecule has 0 radical (unpaired) electrons. The van der Waals surface area contributed by atoms with Crippen LogP contribution in [0.3, 0.4) is 0 Å². The van der Waals surface area contributed by atoms with Gasteiger partial charge in [0.2, 0.25) is 15.9 Å². The molecule has 1 amide bonds. The summed E-state index contributed by atoms with van der Waals surface area (Å²) in [6, 6.07) is 3.11. The Bertz CT molecular complexity index is 1010. The second-order valence-electron chi connectivity index (χ2n) is 7.07. The van der Waals surface area contributed by atoms with Gasteiger partial charge in [-0.3, -0.25) is 9.69 Å². The lowest BCUT2D eigenvalue weighted by Gasteiger charge is -2.29. The number of aromatic nitrogens is 2. The van der Waals surface area contributed by atoms with Crippen LogP contribution in [0, 0.1) is 6.92 Å². The number of nitrogens with zero attached hydrogens (tertiary/aromatic N) is 3. The molecule has 28 heavy (non-hydrogen) atoms. The molecule has 1 aromatic carbocycles. The number of carbonyl (C=O) groups excluding carboxylic acids is 1. The summed E-state index contributed by atoms with van der Waals surface area (Å²) in [6.45, 7) is 3.90. The van der Waals surface area contributed by atoms with Gasteiger partial charge in [-0.25, -0.2) is 13.1 Å². The third kappa shape index (κ3) is 3.61. The average Bonchev–Trinajstić information content (AvgIpc) is 3.41. The van der Waals surface area contributed by atoms with Crippen molar-refractivity contribution in [3.05, 3.63) is 29.4 Å². The number of nitrogens with one attached hydrogen (secondary N) is 1. The molecule has 2 aromatic rings. The van der Waals surface area contributed by atoms with Gasteiger partial charge in [-0.2, -0.15) is 4.98 Å². The van der Waals surface area contributed by atoms with Crippen LogP contribution in [-0.4, -0.2) is 37.6 Å². The molecule has 0 spiro atoms. The fourth-order valence-electron chi connectivity index (χ4n) is 3.08.